The van der Waals surface area contributed by atoms with Crippen LogP contribution in [0.1, 0.15) is 31.2 Å². The fourth-order valence-electron chi connectivity index (χ4n) is 4.34. The van der Waals surface area contributed by atoms with Crippen LogP contribution in [0, 0.1) is 5.82 Å². The standard InChI is InChI=1S/C21H23BrFN4O8P/c1-21(30)16(28)15(34-19(21)27-6-4-11-17(27)25-20(24)26-18(11)29)9-33-36(31)32-7-5-14(35-36)12-8-10(22)2-3-13(12)23/h2-4,6,8,14-16,19,28,30H,5,7,9H2,1H3,(H3,24,25,26,29)/t14-,15+,16+,19+,21+,36?/m0/s1. The number of phosphoric acid groups is 1. The van der Waals surface area contributed by atoms with Gasteiger partial charge in [-0.2, -0.15) is 4.98 Å². The third-order valence-corrected chi connectivity index (χ3v) is 8.16. The van der Waals surface area contributed by atoms with Gasteiger partial charge in [0.05, 0.1) is 24.7 Å². The Morgan fingerprint density at radius 2 is 2.22 bits per heavy atom. The molecule has 5 N–H and O–H groups in total. The van der Waals surface area contributed by atoms with Gasteiger partial charge >= 0.3 is 7.82 Å². The van der Waals surface area contributed by atoms with E-state index in [1.54, 1.807) is 0 Å². The second-order valence-corrected chi connectivity index (χ2v) is 11.3. The summed E-state index contributed by atoms with van der Waals surface area (Å²) in [5.41, 5.74) is 3.65. The Hall–Kier alpha value is -2.16. The van der Waals surface area contributed by atoms with Crippen LogP contribution in [0.5, 0.6) is 0 Å². The lowest BCUT2D eigenvalue weighted by molar-refractivity contribution is -0.0950. The number of aromatic amines is 1. The van der Waals surface area contributed by atoms with Crippen molar-refractivity contribution < 1.29 is 37.5 Å². The highest BCUT2D eigenvalue weighted by Crippen LogP contribution is 2.57. The molecule has 5 rings (SSSR count). The highest BCUT2D eigenvalue weighted by molar-refractivity contribution is 9.10. The molecule has 0 bridgehead atoms. The van der Waals surface area contributed by atoms with E-state index in [9.17, 15) is 24.0 Å². The van der Waals surface area contributed by atoms with E-state index in [0.717, 1.165) is 0 Å². The van der Waals surface area contributed by atoms with Crippen molar-refractivity contribution in [2.75, 3.05) is 18.9 Å². The largest absolute Gasteiger partial charge is 0.475 e. The number of anilines is 1. The van der Waals surface area contributed by atoms with E-state index in [2.05, 4.69) is 25.9 Å². The van der Waals surface area contributed by atoms with Gasteiger partial charge in [0.2, 0.25) is 5.95 Å². The fourth-order valence-corrected chi connectivity index (χ4v) is 6.11. The van der Waals surface area contributed by atoms with Gasteiger partial charge in [-0.15, -0.1) is 0 Å². The lowest BCUT2D eigenvalue weighted by Crippen LogP contribution is -2.44. The number of aromatic nitrogens is 3. The molecule has 194 valence electrons. The first-order chi connectivity index (χ1) is 17.0. The summed E-state index contributed by atoms with van der Waals surface area (Å²) >= 11 is 3.27. The van der Waals surface area contributed by atoms with Crippen LogP contribution < -0.4 is 11.3 Å². The lowest BCUT2D eigenvalue weighted by atomic mass is 9.96. The Balaban J connectivity index is 1.33. The monoisotopic (exact) mass is 588 g/mol. The summed E-state index contributed by atoms with van der Waals surface area (Å²) in [6.07, 6.45) is -3.01. The summed E-state index contributed by atoms with van der Waals surface area (Å²) in [6, 6.07) is 5.79. The molecule has 1 aromatic carbocycles. The molecule has 0 spiro atoms. The van der Waals surface area contributed by atoms with E-state index >= 15 is 0 Å². The molecule has 0 amide bonds. The number of H-pyrrole nitrogens is 1. The first-order valence-corrected chi connectivity index (χ1v) is 13.2. The van der Waals surface area contributed by atoms with E-state index in [-0.39, 0.29) is 35.6 Å². The van der Waals surface area contributed by atoms with E-state index in [4.69, 9.17) is 24.0 Å². The molecule has 2 aliphatic rings. The van der Waals surface area contributed by atoms with E-state index in [0.29, 0.717) is 4.47 Å². The summed E-state index contributed by atoms with van der Waals surface area (Å²) in [5, 5.41) is 22.0. The summed E-state index contributed by atoms with van der Waals surface area (Å²) < 4.78 is 51.4. The van der Waals surface area contributed by atoms with Crippen LogP contribution >= 0.6 is 23.8 Å². The SMILES string of the molecule is C[C@@]1(O)[C@H](O)[C@@H](COP2(=O)OCC[C@@H](c3cc(Br)ccc3F)O2)O[C@H]1n1ccc2c(=O)[nH]c(N)nc21. The van der Waals surface area contributed by atoms with Crippen LogP contribution in [0.3, 0.4) is 0 Å². The number of nitrogens with zero attached hydrogens (tertiary/aromatic N) is 2. The van der Waals surface area contributed by atoms with Gasteiger partial charge in [-0.05, 0) is 31.2 Å². The van der Waals surface area contributed by atoms with Crippen LogP contribution in [-0.4, -0.2) is 55.8 Å². The maximum absolute atomic E-state index is 14.3. The van der Waals surface area contributed by atoms with Crippen LogP contribution in [0.15, 0.2) is 39.7 Å². The first kappa shape index (κ1) is 25.5. The number of fused-ring (bicyclic) bond motifs is 1. The number of nitrogen functional groups attached to an aromatic ring is 1. The third kappa shape index (κ3) is 4.52. The van der Waals surface area contributed by atoms with Crippen LogP contribution in [0.25, 0.3) is 11.0 Å². The topological polar surface area (TPSA) is 171 Å². The number of aliphatic hydroxyl groups excluding tert-OH is 1. The molecule has 2 saturated heterocycles. The van der Waals surface area contributed by atoms with Crippen molar-refractivity contribution in [3.05, 3.63) is 56.7 Å². The van der Waals surface area contributed by atoms with Crippen molar-refractivity contribution >= 4 is 40.7 Å². The van der Waals surface area contributed by atoms with Gasteiger partial charge in [0, 0.05) is 22.7 Å². The predicted octanol–water partition coefficient (Wildman–Crippen LogP) is 2.52. The van der Waals surface area contributed by atoms with E-state index < -0.39 is 55.9 Å². The van der Waals surface area contributed by atoms with Gasteiger partial charge in [-0.3, -0.25) is 23.3 Å². The molecule has 3 aromatic rings. The minimum Gasteiger partial charge on any atom is -0.387 e. The number of nitrogens with two attached hydrogens (primary N) is 1. The zero-order chi connectivity index (χ0) is 25.8. The second-order valence-electron chi connectivity index (χ2n) is 8.73. The van der Waals surface area contributed by atoms with Crippen LogP contribution in [-0.2, 0) is 22.9 Å². The molecule has 2 fully saturated rings. The molecule has 36 heavy (non-hydrogen) atoms. The quantitative estimate of drug-likeness (QED) is 0.324. The molecule has 15 heteroatoms. The smallest absolute Gasteiger partial charge is 0.387 e. The minimum absolute atomic E-state index is 0.0146. The maximum atomic E-state index is 14.3. The number of halogens is 2. The summed E-state index contributed by atoms with van der Waals surface area (Å²) in [4.78, 5) is 18.6. The van der Waals surface area contributed by atoms with Gasteiger partial charge in [-0.1, -0.05) is 15.9 Å². The van der Waals surface area contributed by atoms with Gasteiger partial charge in [-0.25, -0.2) is 8.96 Å². The zero-order valence-corrected chi connectivity index (χ0v) is 21.3. The third-order valence-electron chi connectivity index (χ3n) is 6.19. The number of rotatable bonds is 5. The molecule has 0 saturated carbocycles. The molecule has 0 aliphatic carbocycles. The van der Waals surface area contributed by atoms with Crippen molar-refractivity contribution in [1.82, 2.24) is 14.5 Å². The number of benzene rings is 1. The van der Waals surface area contributed by atoms with Gasteiger partial charge in [0.15, 0.2) is 11.9 Å². The normalized spacial score (nSPS) is 32.8. The van der Waals surface area contributed by atoms with Crippen molar-refractivity contribution in [3.8, 4) is 0 Å². The number of ether oxygens (including phenoxy) is 1. The Kier molecular flexibility index (Phi) is 6.58. The first-order valence-electron chi connectivity index (χ1n) is 10.9. The second kappa shape index (κ2) is 9.30. The van der Waals surface area contributed by atoms with Crippen molar-refractivity contribution in [2.45, 2.75) is 43.5 Å². The maximum Gasteiger partial charge on any atom is 0.475 e. The number of aliphatic hydroxyl groups is 2. The summed E-state index contributed by atoms with van der Waals surface area (Å²) in [6.45, 7) is 0.847. The minimum atomic E-state index is -4.16. The van der Waals surface area contributed by atoms with E-state index in [1.165, 1.54) is 42.0 Å². The fraction of sp³-hybridized carbons (Fsp3) is 0.429. The predicted molar refractivity (Wildman–Crippen MR) is 127 cm³/mol. The van der Waals surface area contributed by atoms with Crippen LogP contribution in [0.2, 0.25) is 0 Å². The molecule has 0 radical (unpaired) electrons. The van der Waals surface area contributed by atoms with Crippen molar-refractivity contribution in [3.63, 3.8) is 0 Å². The number of phosphoric ester groups is 1. The highest BCUT2D eigenvalue weighted by atomic mass is 79.9. The molecule has 4 heterocycles. The van der Waals surface area contributed by atoms with Gasteiger partial charge in [0.25, 0.3) is 5.56 Å². The average molecular weight is 589 g/mol. The number of nitrogens with one attached hydrogen (secondary N) is 1. The van der Waals surface area contributed by atoms with Crippen molar-refractivity contribution in [2.24, 2.45) is 0 Å². The average Bonchev–Trinajstić information content (AvgIpc) is 3.32. The Labute approximate surface area is 211 Å². The van der Waals surface area contributed by atoms with E-state index in [1.807, 2.05) is 0 Å². The number of hydrogen-bond acceptors (Lipinski definition) is 10. The van der Waals surface area contributed by atoms with Crippen molar-refractivity contribution in [1.29, 1.82) is 0 Å². The van der Waals surface area contributed by atoms with Crippen LogP contribution in [0.4, 0.5) is 10.3 Å². The summed E-state index contributed by atoms with van der Waals surface area (Å²) in [5.74, 6) is -0.663. The molecular weight excluding hydrogens is 566 g/mol. The Bertz CT molecular complexity index is 1410. The Morgan fingerprint density at radius 1 is 1.44 bits per heavy atom. The lowest BCUT2D eigenvalue weighted by Gasteiger charge is -2.30. The van der Waals surface area contributed by atoms with Gasteiger partial charge < -0.3 is 25.3 Å². The molecule has 2 aromatic heterocycles. The molecular formula is C21H23BrFN4O8P. The molecule has 1 unspecified atom stereocenters. The number of hydrogen-bond donors (Lipinski definition) is 4. The molecule has 12 nitrogen and oxygen atoms in total. The van der Waals surface area contributed by atoms with Gasteiger partial charge in [0.1, 0.15) is 23.6 Å². The Morgan fingerprint density at radius 3 is 3.00 bits per heavy atom. The molecule has 2 aliphatic heterocycles. The highest BCUT2D eigenvalue weighted by Gasteiger charge is 2.54. The zero-order valence-electron chi connectivity index (χ0n) is 18.8. The summed E-state index contributed by atoms with van der Waals surface area (Å²) in [7, 11) is -4.16. The molecule has 6 atom stereocenters.